The van der Waals surface area contributed by atoms with Gasteiger partial charge >= 0.3 is 0 Å². The van der Waals surface area contributed by atoms with Crippen LogP contribution in [0.4, 0.5) is 0 Å². The zero-order chi connectivity index (χ0) is 17.2. The molecule has 3 heterocycles. The molecule has 6 nitrogen and oxygen atoms in total. The fourth-order valence-electron chi connectivity index (χ4n) is 2.83. The molecule has 25 heavy (non-hydrogen) atoms. The molecule has 0 amide bonds. The first-order valence-corrected chi connectivity index (χ1v) is 8.10. The predicted octanol–water partition coefficient (Wildman–Crippen LogP) is 3.10. The van der Waals surface area contributed by atoms with E-state index in [1.165, 1.54) is 5.56 Å². The summed E-state index contributed by atoms with van der Waals surface area (Å²) < 4.78 is 3.88. The van der Waals surface area contributed by atoms with Crippen molar-refractivity contribution in [2.24, 2.45) is 7.05 Å². The summed E-state index contributed by atoms with van der Waals surface area (Å²) in [6.07, 6.45) is 5.63. The van der Waals surface area contributed by atoms with Gasteiger partial charge in [0.25, 0.3) is 0 Å². The van der Waals surface area contributed by atoms with Crippen LogP contribution in [0.25, 0.3) is 22.6 Å². The van der Waals surface area contributed by atoms with Crippen molar-refractivity contribution < 1.29 is 0 Å². The highest BCUT2D eigenvalue weighted by molar-refractivity contribution is 5.66. The van der Waals surface area contributed by atoms with Gasteiger partial charge in [-0.15, -0.1) is 10.2 Å². The fraction of sp³-hybridized carbons (Fsp3) is 0.158. The van der Waals surface area contributed by atoms with Crippen molar-refractivity contribution >= 4 is 0 Å². The van der Waals surface area contributed by atoms with E-state index < -0.39 is 0 Å². The van der Waals surface area contributed by atoms with Gasteiger partial charge in [-0.2, -0.15) is 5.10 Å². The third-order valence-corrected chi connectivity index (χ3v) is 4.15. The molecule has 0 saturated carbocycles. The maximum atomic E-state index is 4.51. The van der Waals surface area contributed by atoms with Gasteiger partial charge in [-0.25, -0.2) is 0 Å². The summed E-state index contributed by atoms with van der Waals surface area (Å²) in [7, 11) is 1.91. The minimum Gasteiger partial charge on any atom is -0.305 e. The lowest BCUT2D eigenvalue weighted by Crippen LogP contribution is -2.05. The number of hydrogen-bond acceptors (Lipinski definition) is 4. The second-order valence-electron chi connectivity index (χ2n) is 5.98. The SMILES string of the molecule is Cc1nnc(-c2cc(-c3cnn(C)c3)ccn2)n1Cc1ccccc1. The molecule has 4 rings (SSSR count). The Morgan fingerprint density at radius 1 is 1.00 bits per heavy atom. The van der Waals surface area contributed by atoms with E-state index in [9.17, 15) is 0 Å². The second kappa shape index (κ2) is 6.32. The number of nitrogens with zero attached hydrogens (tertiary/aromatic N) is 6. The first kappa shape index (κ1) is 15.3. The Morgan fingerprint density at radius 3 is 2.60 bits per heavy atom. The molecule has 0 fully saturated rings. The molecule has 0 N–H and O–H groups in total. The quantitative estimate of drug-likeness (QED) is 0.577. The number of pyridine rings is 1. The highest BCUT2D eigenvalue weighted by Crippen LogP contribution is 2.24. The first-order valence-electron chi connectivity index (χ1n) is 8.10. The first-order chi connectivity index (χ1) is 12.2. The van der Waals surface area contributed by atoms with Crippen LogP contribution in [0.2, 0.25) is 0 Å². The van der Waals surface area contributed by atoms with Gasteiger partial charge in [0.1, 0.15) is 11.5 Å². The topological polar surface area (TPSA) is 61.4 Å². The van der Waals surface area contributed by atoms with Crippen molar-refractivity contribution in [3.05, 3.63) is 72.4 Å². The van der Waals surface area contributed by atoms with Crippen molar-refractivity contribution in [2.45, 2.75) is 13.5 Å². The van der Waals surface area contributed by atoms with Gasteiger partial charge in [-0.1, -0.05) is 30.3 Å². The van der Waals surface area contributed by atoms with Crippen LogP contribution in [-0.2, 0) is 13.6 Å². The zero-order valence-electron chi connectivity index (χ0n) is 14.2. The van der Waals surface area contributed by atoms with Gasteiger partial charge in [0.2, 0.25) is 0 Å². The minimum absolute atomic E-state index is 0.716. The Labute approximate surface area is 145 Å². The maximum absolute atomic E-state index is 4.51. The predicted molar refractivity (Wildman–Crippen MR) is 95.7 cm³/mol. The van der Waals surface area contributed by atoms with Crippen molar-refractivity contribution in [3.63, 3.8) is 0 Å². The zero-order valence-corrected chi connectivity index (χ0v) is 14.2. The van der Waals surface area contributed by atoms with E-state index in [2.05, 4.69) is 37.0 Å². The van der Waals surface area contributed by atoms with E-state index in [0.717, 1.165) is 28.5 Å². The number of aromatic nitrogens is 6. The summed E-state index contributed by atoms with van der Waals surface area (Å²) in [6.45, 7) is 2.68. The molecule has 6 heteroatoms. The average molecular weight is 330 g/mol. The number of aryl methyl sites for hydroxylation is 2. The molecule has 1 aromatic carbocycles. The average Bonchev–Trinajstić information content (AvgIpc) is 3.23. The third-order valence-electron chi connectivity index (χ3n) is 4.15. The third kappa shape index (κ3) is 3.06. The van der Waals surface area contributed by atoms with Crippen molar-refractivity contribution in [1.82, 2.24) is 29.5 Å². The highest BCUT2D eigenvalue weighted by Gasteiger charge is 2.14. The lowest BCUT2D eigenvalue weighted by atomic mass is 10.1. The molecular weight excluding hydrogens is 312 g/mol. The summed E-state index contributed by atoms with van der Waals surface area (Å²) in [5.74, 6) is 1.64. The van der Waals surface area contributed by atoms with E-state index in [-0.39, 0.29) is 0 Å². The molecule has 0 saturated heterocycles. The normalized spacial score (nSPS) is 11.0. The van der Waals surface area contributed by atoms with Crippen LogP contribution >= 0.6 is 0 Å². The van der Waals surface area contributed by atoms with Crippen LogP contribution in [0.1, 0.15) is 11.4 Å². The summed E-state index contributed by atoms with van der Waals surface area (Å²) in [5.41, 5.74) is 4.12. The molecule has 124 valence electrons. The molecule has 0 aliphatic heterocycles. The lowest BCUT2D eigenvalue weighted by molar-refractivity contribution is 0.766. The second-order valence-corrected chi connectivity index (χ2v) is 5.98. The van der Waals surface area contributed by atoms with Gasteiger partial charge in [-0.3, -0.25) is 9.67 Å². The summed E-state index contributed by atoms with van der Waals surface area (Å²) in [5, 5.41) is 12.8. The Hall–Kier alpha value is -3.28. The van der Waals surface area contributed by atoms with Gasteiger partial charge in [0, 0.05) is 25.0 Å². The van der Waals surface area contributed by atoms with Crippen LogP contribution in [0.3, 0.4) is 0 Å². The maximum Gasteiger partial charge on any atom is 0.182 e. The van der Waals surface area contributed by atoms with Gasteiger partial charge < -0.3 is 4.57 Å². The summed E-state index contributed by atoms with van der Waals surface area (Å²) in [4.78, 5) is 4.51. The molecule has 0 unspecified atom stereocenters. The molecule has 0 radical (unpaired) electrons. The van der Waals surface area contributed by atoms with Crippen LogP contribution in [0.15, 0.2) is 61.1 Å². The molecule has 3 aromatic heterocycles. The number of rotatable bonds is 4. The van der Waals surface area contributed by atoms with Crippen LogP contribution in [-0.4, -0.2) is 29.5 Å². The Bertz CT molecular complexity index is 1000. The van der Waals surface area contributed by atoms with Gasteiger partial charge in [0.05, 0.1) is 12.7 Å². The van der Waals surface area contributed by atoms with Crippen LogP contribution in [0, 0.1) is 6.92 Å². The van der Waals surface area contributed by atoms with E-state index >= 15 is 0 Å². The minimum atomic E-state index is 0.716. The Kier molecular flexibility index (Phi) is 3.85. The molecular formula is C19H18N6. The lowest BCUT2D eigenvalue weighted by Gasteiger charge is -2.09. The standard InChI is InChI=1S/C19H18N6/c1-14-22-23-19(25(14)12-15-6-4-3-5-7-15)18-10-16(8-9-20-18)17-11-21-24(2)13-17/h3-11,13H,12H2,1-2H3. The van der Waals surface area contributed by atoms with Gasteiger partial charge in [0.15, 0.2) is 5.82 Å². The van der Waals surface area contributed by atoms with Crippen molar-refractivity contribution in [2.75, 3.05) is 0 Å². The summed E-state index contributed by atoms with van der Waals surface area (Å²) >= 11 is 0. The Balaban J connectivity index is 1.73. The monoisotopic (exact) mass is 330 g/mol. The smallest absolute Gasteiger partial charge is 0.182 e. The molecule has 0 spiro atoms. The molecule has 0 aliphatic rings. The highest BCUT2D eigenvalue weighted by atomic mass is 15.3. The van der Waals surface area contributed by atoms with Crippen molar-refractivity contribution in [3.8, 4) is 22.6 Å². The fourth-order valence-corrected chi connectivity index (χ4v) is 2.83. The van der Waals surface area contributed by atoms with Crippen molar-refractivity contribution in [1.29, 1.82) is 0 Å². The molecule has 0 bridgehead atoms. The van der Waals surface area contributed by atoms with E-state index in [0.29, 0.717) is 6.54 Å². The van der Waals surface area contributed by atoms with Crippen LogP contribution in [0.5, 0.6) is 0 Å². The molecule has 0 aliphatic carbocycles. The summed E-state index contributed by atoms with van der Waals surface area (Å²) in [6, 6.07) is 14.3. The largest absolute Gasteiger partial charge is 0.305 e. The van der Waals surface area contributed by atoms with E-state index in [4.69, 9.17) is 0 Å². The molecule has 4 aromatic rings. The van der Waals surface area contributed by atoms with Crippen LogP contribution < -0.4 is 0 Å². The van der Waals surface area contributed by atoms with Gasteiger partial charge in [-0.05, 0) is 30.2 Å². The van der Waals surface area contributed by atoms with E-state index in [1.807, 2.05) is 56.7 Å². The Morgan fingerprint density at radius 2 is 1.84 bits per heavy atom. The number of benzene rings is 1. The number of hydrogen-bond donors (Lipinski definition) is 0. The van der Waals surface area contributed by atoms with E-state index in [1.54, 1.807) is 10.9 Å². The molecule has 0 atom stereocenters.